The van der Waals surface area contributed by atoms with Gasteiger partial charge in [-0.2, -0.15) is 4.98 Å². The zero-order chi connectivity index (χ0) is 18.5. The number of amides is 1. The smallest absolute Gasteiger partial charge is 0.313 e. The van der Waals surface area contributed by atoms with E-state index in [-0.39, 0.29) is 23.3 Å². The molecule has 2 aromatic rings. The highest BCUT2D eigenvalue weighted by Crippen LogP contribution is 2.28. The highest BCUT2D eigenvalue weighted by atomic mass is 35.5. The minimum absolute atomic E-state index is 0.00859. The predicted molar refractivity (Wildman–Crippen MR) is 98.3 cm³/mol. The molecule has 1 fully saturated rings. The number of carboxylic acid groups (broad SMARTS) is 1. The van der Waals surface area contributed by atoms with Gasteiger partial charge in [0.05, 0.1) is 17.4 Å². The second kappa shape index (κ2) is 8.55. The van der Waals surface area contributed by atoms with Crippen LogP contribution in [0.5, 0.6) is 0 Å². The number of piperidine rings is 1. The van der Waals surface area contributed by atoms with E-state index in [4.69, 9.17) is 21.2 Å². The average Bonchev–Trinajstić information content (AvgIpc) is 3.12. The van der Waals surface area contributed by atoms with Crippen molar-refractivity contribution in [3.63, 3.8) is 0 Å². The lowest BCUT2D eigenvalue weighted by Gasteiger charge is -2.30. The Morgan fingerprint density at radius 1 is 1.31 bits per heavy atom. The summed E-state index contributed by atoms with van der Waals surface area (Å²) in [4.78, 5) is 29.0. The van der Waals surface area contributed by atoms with E-state index < -0.39 is 5.97 Å². The van der Waals surface area contributed by atoms with Crippen LogP contribution in [0.2, 0.25) is 5.02 Å². The standard InChI is InChI=1S/C17H18ClN3O4S/c18-13-5-3-11(4-6-13)16-19-17(25-20-16)12-2-1-7-21(8-12)14(22)9-26-10-15(23)24/h3-6,12H,1-2,7-10H2,(H,23,24). The Morgan fingerprint density at radius 2 is 2.08 bits per heavy atom. The molecule has 2 heterocycles. The number of hydrogen-bond donors (Lipinski definition) is 1. The van der Waals surface area contributed by atoms with Crippen LogP contribution in [0.1, 0.15) is 24.7 Å². The van der Waals surface area contributed by atoms with Crippen molar-refractivity contribution in [2.24, 2.45) is 0 Å². The largest absolute Gasteiger partial charge is 0.481 e. The number of carbonyl (C=O) groups excluding carboxylic acids is 1. The van der Waals surface area contributed by atoms with Gasteiger partial charge in [-0.25, -0.2) is 0 Å². The van der Waals surface area contributed by atoms with E-state index >= 15 is 0 Å². The number of nitrogens with zero attached hydrogens (tertiary/aromatic N) is 3. The minimum atomic E-state index is -0.917. The zero-order valence-electron chi connectivity index (χ0n) is 13.9. The first-order valence-electron chi connectivity index (χ1n) is 8.20. The Bertz CT molecular complexity index is 781. The summed E-state index contributed by atoms with van der Waals surface area (Å²) >= 11 is 7.00. The highest BCUT2D eigenvalue weighted by molar-refractivity contribution is 8.00. The number of carbonyl (C=O) groups is 2. The minimum Gasteiger partial charge on any atom is -0.481 e. The van der Waals surface area contributed by atoms with E-state index in [1.165, 1.54) is 0 Å². The van der Waals surface area contributed by atoms with Crippen LogP contribution < -0.4 is 0 Å². The Balaban J connectivity index is 1.62. The number of aromatic nitrogens is 2. The lowest BCUT2D eigenvalue weighted by molar-refractivity contribution is -0.133. The van der Waals surface area contributed by atoms with Crippen molar-refractivity contribution in [1.82, 2.24) is 15.0 Å². The van der Waals surface area contributed by atoms with Gasteiger partial charge in [-0.15, -0.1) is 11.8 Å². The van der Waals surface area contributed by atoms with E-state index in [9.17, 15) is 9.59 Å². The van der Waals surface area contributed by atoms with Crippen LogP contribution in [0, 0.1) is 0 Å². The second-order valence-corrected chi connectivity index (χ2v) is 7.45. The van der Waals surface area contributed by atoms with Gasteiger partial charge in [-0.1, -0.05) is 16.8 Å². The number of rotatable bonds is 6. The first-order valence-corrected chi connectivity index (χ1v) is 9.73. The summed E-state index contributed by atoms with van der Waals surface area (Å²) < 4.78 is 5.41. The molecule has 1 aromatic carbocycles. The quantitative estimate of drug-likeness (QED) is 0.803. The topological polar surface area (TPSA) is 96.5 Å². The first-order chi connectivity index (χ1) is 12.5. The molecular weight excluding hydrogens is 378 g/mol. The Hall–Kier alpha value is -2.06. The van der Waals surface area contributed by atoms with Crippen molar-refractivity contribution in [2.75, 3.05) is 24.6 Å². The summed E-state index contributed by atoms with van der Waals surface area (Å²) in [5.74, 6) is 0.127. The van der Waals surface area contributed by atoms with Gasteiger partial charge in [0.15, 0.2) is 0 Å². The van der Waals surface area contributed by atoms with Gasteiger partial charge >= 0.3 is 5.97 Å². The van der Waals surface area contributed by atoms with Crippen LogP contribution in [0.15, 0.2) is 28.8 Å². The molecule has 1 aromatic heterocycles. The molecule has 1 amide bonds. The fourth-order valence-electron chi connectivity index (χ4n) is 2.84. The molecule has 0 spiro atoms. The molecule has 26 heavy (non-hydrogen) atoms. The maximum atomic E-state index is 12.2. The zero-order valence-corrected chi connectivity index (χ0v) is 15.5. The molecule has 0 radical (unpaired) electrons. The third-order valence-corrected chi connectivity index (χ3v) is 5.27. The normalized spacial score (nSPS) is 17.3. The summed E-state index contributed by atoms with van der Waals surface area (Å²) in [6.45, 7) is 1.18. The molecule has 9 heteroatoms. The van der Waals surface area contributed by atoms with E-state index in [1.54, 1.807) is 17.0 Å². The SMILES string of the molecule is O=C(O)CSCC(=O)N1CCCC(c2nc(-c3ccc(Cl)cc3)no2)C1. The second-order valence-electron chi connectivity index (χ2n) is 6.03. The molecule has 1 atom stereocenters. The molecule has 138 valence electrons. The summed E-state index contributed by atoms with van der Waals surface area (Å²) in [6.07, 6.45) is 1.72. The first kappa shape index (κ1) is 18.7. The monoisotopic (exact) mass is 395 g/mol. The third-order valence-electron chi connectivity index (χ3n) is 4.12. The third kappa shape index (κ3) is 4.76. The van der Waals surface area contributed by atoms with Crippen molar-refractivity contribution in [2.45, 2.75) is 18.8 Å². The number of carboxylic acids is 1. The van der Waals surface area contributed by atoms with Gasteiger partial charge in [-0.05, 0) is 37.1 Å². The van der Waals surface area contributed by atoms with Crippen molar-refractivity contribution in [3.05, 3.63) is 35.2 Å². The molecule has 1 aliphatic heterocycles. The fraction of sp³-hybridized carbons (Fsp3) is 0.412. The molecule has 1 N–H and O–H groups in total. The van der Waals surface area contributed by atoms with Gasteiger partial charge in [0.1, 0.15) is 0 Å². The lowest BCUT2D eigenvalue weighted by Crippen LogP contribution is -2.40. The average molecular weight is 396 g/mol. The summed E-state index contributed by atoms with van der Waals surface area (Å²) in [5.41, 5.74) is 0.818. The van der Waals surface area contributed by atoms with Crippen LogP contribution >= 0.6 is 23.4 Å². The number of hydrogen-bond acceptors (Lipinski definition) is 6. The lowest BCUT2D eigenvalue weighted by atomic mass is 9.98. The number of halogens is 1. The van der Waals surface area contributed by atoms with E-state index in [1.807, 2.05) is 12.1 Å². The predicted octanol–water partition coefficient (Wildman–Crippen LogP) is 2.91. The Kier molecular flexibility index (Phi) is 6.16. The van der Waals surface area contributed by atoms with E-state index in [0.717, 1.165) is 30.2 Å². The van der Waals surface area contributed by atoms with E-state index in [2.05, 4.69) is 10.1 Å². The van der Waals surface area contributed by atoms with Crippen LogP contribution in [0.3, 0.4) is 0 Å². The molecule has 7 nitrogen and oxygen atoms in total. The van der Waals surface area contributed by atoms with Crippen molar-refractivity contribution < 1.29 is 19.2 Å². The van der Waals surface area contributed by atoms with Crippen LogP contribution in [-0.2, 0) is 9.59 Å². The molecule has 1 aliphatic rings. The summed E-state index contributed by atoms with van der Waals surface area (Å²) in [6, 6.07) is 7.19. The molecule has 0 saturated carbocycles. The maximum absolute atomic E-state index is 12.2. The van der Waals surface area contributed by atoms with Gasteiger partial charge in [0.25, 0.3) is 0 Å². The number of benzene rings is 1. The van der Waals surface area contributed by atoms with Gasteiger partial charge in [-0.3, -0.25) is 9.59 Å². The highest BCUT2D eigenvalue weighted by Gasteiger charge is 2.28. The van der Waals surface area contributed by atoms with Gasteiger partial charge in [0, 0.05) is 23.7 Å². The van der Waals surface area contributed by atoms with Crippen LogP contribution in [0.4, 0.5) is 0 Å². The van der Waals surface area contributed by atoms with Crippen LogP contribution in [-0.4, -0.2) is 56.6 Å². The summed E-state index contributed by atoms with van der Waals surface area (Å²) in [7, 11) is 0. The molecule has 1 saturated heterocycles. The van der Waals surface area contributed by atoms with Gasteiger partial charge in [0.2, 0.25) is 17.6 Å². The van der Waals surface area contributed by atoms with Crippen molar-refractivity contribution >= 4 is 35.2 Å². The van der Waals surface area contributed by atoms with Crippen molar-refractivity contribution in [1.29, 1.82) is 0 Å². The van der Waals surface area contributed by atoms with Crippen molar-refractivity contribution in [3.8, 4) is 11.4 Å². The molecule has 3 rings (SSSR count). The molecule has 1 unspecified atom stereocenters. The molecule has 0 bridgehead atoms. The Morgan fingerprint density at radius 3 is 2.81 bits per heavy atom. The van der Waals surface area contributed by atoms with Gasteiger partial charge < -0.3 is 14.5 Å². The number of thioether (sulfide) groups is 1. The maximum Gasteiger partial charge on any atom is 0.313 e. The molecule has 0 aliphatic carbocycles. The van der Waals surface area contributed by atoms with Crippen LogP contribution in [0.25, 0.3) is 11.4 Å². The Labute approximate surface area is 159 Å². The number of aliphatic carboxylic acids is 1. The fourth-order valence-corrected chi connectivity index (χ4v) is 3.60. The van der Waals surface area contributed by atoms with E-state index in [0.29, 0.717) is 29.8 Å². The molecular formula is C17H18ClN3O4S. The summed E-state index contributed by atoms with van der Waals surface area (Å²) in [5, 5.41) is 13.3. The number of likely N-dealkylation sites (tertiary alicyclic amines) is 1.